The van der Waals surface area contributed by atoms with Crippen LogP contribution in [0.25, 0.3) is 0 Å². The summed E-state index contributed by atoms with van der Waals surface area (Å²) in [5, 5.41) is 12.8. The first-order valence-electron chi connectivity index (χ1n) is 3.99. The van der Waals surface area contributed by atoms with Gasteiger partial charge in [-0.1, -0.05) is 0 Å². The normalized spacial score (nSPS) is 10.4. The zero-order valence-electron chi connectivity index (χ0n) is 7.54. The third kappa shape index (κ3) is 2.09. The van der Waals surface area contributed by atoms with Gasteiger partial charge in [-0.3, -0.25) is 9.48 Å². The van der Waals surface area contributed by atoms with E-state index in [2.05, 4.69) is 21.0 Å². The summed E-state index contributed by atoms with van der Waals surface area (Å²) in [5.41, 5.74) is 1.56. The van der Waals surface area contributed by atoms with Crippen molar-refractivity contribution in [2.45, 2.75) is 26.8 Å². The van der Waals surface area contributed by atoms with Crippen molar-refractivity contribution in [2.24, 2.45) is 0 Å². The quantitative estimate of drug-likeness (QED) is 0.882. The molecule has 0 spiro atoms. The van der Waals surface area contributed by atoms with Crippen molar-refractivity contribution < 1.29 is 9.90 Å². The maximum atomic E-state index is 10.5. The molecule has 0 aromatic carbocycles. The van der Waals surface area contributed by atoms with Crippen LogP contribution in [0.2, 0.25) is 0 Å². The molecule has 5 heteroatoms. The number of hydrogen-bond acceptors (Lipinski definition) is 2. The van der Waals surface area contributed by atoms with Gasteiger partial charge in [0.15, 0.2) is 0 Å². The first kappa shape index (κ1) is 10.2. The number of nitrogens with zero attached hydrogens (tertiary/aromatic N) is 2. The Bertz CT molecular complexity index is 333. The van der Waals surface area contributed by atoms with Gasteiger partial charge in [0.1, 0.15) is 0 Å². The Labute approximate surface area is 84.7 Å². The summed E-state index contributed by atoms with van der Waals surface area (Å²) in [4.78, 5) is 10.5. The lowest BCUT2D eigenvalue weighted by Gasteiger charge is -2.01. The summed E-state index contributed by atoms with van der Waals surface area (Å²) >= 11 is 3.32. The summed E-state index contributed by atoms with van der Waals surface area (Å²) in [5.74, 6) is -0.838. The number of carboxylic acid groups (broad SMARTS) is 1. The van der Waals surface area contributed by atoms with Crippen molar-refractivity contribution in [3.05, 3.63) is 15.9 Å². The van der Waals surface area contributed by atoms with E-state index in [1.54, 1.807) is 4.68 Å². The van der Waals surface area contributed by atoms with Gasteiger partial charge in [-0.05, 0) is 29.8 Å². The average Bonchev–Trinajstić information content (AvgIpc) is 2.31. The van der Waals surface area contributed by atoms with Crippen molar-refractivity contribution >= 4 is 21.9 Å². The monoisotopic (exact) mass is 246 g/mol. The van der Waals surface area contributed by atoms with Crippen molar-refractivity contribution in [1.82, 2.24) is 9.78 Å². The smallest absolute Gasteiger partial charge is 0.309 e. The third-order valence-electron chi connectivity index (χ3n) is 1.77. The topological polar surface area (TPSA) is 55.1 Å². The first-order valence-corrected chi connectivity index (χ1v) is 4.79. The Hall–Kier alpha value is -0.840. The first-order chi connectivity index (χ1) is 6.06. The van der Waals surface area contributed by atoms with Gasteiger partial charge in [-0.25, -0.2) is 0 Å². The molecule has 0 atom stereocenters. The van der Waals surface area contributed by atoms with Crippen LogP contribution in [0, 0.1) is 6.92 Å². The molecule has 0 bridgehead atoms. The molecule has 0 saturated heterocycles. The SMILES string of the molecule is CCn1nc(C)c(Br)c1CC(=O)O. The predicted octanol–water partition coefficient (Wildman–Crippen LogP) is 1.60. The van der Waals surface area contributed by atoms with Crippen molar-refractivity contribution in [3.63, 3.8) is 0 Å². The largest absolute Gasteiger partial charge is 0.481 e. The number of aryl methyl sites for hydroxylation is 2. The lowest BCUT2D eigenvalue weighted by Crippen LogP contribution is -2.08. The Kier molecular flexibility index (Phi) is 3.08. The van der Waals surface area contributed by atoms with E-state index in [-0.39, 0.29) is 6.42 Å². The number of aliphatic carboxylic acids is 1. The zero-order chi connectivity index (χ0) is 10.0. The van der Waals surface area contributed by atoms with Crippen LogP contribution in [0.3, 0.4) is 0 Å². The maximum absolute atomic E-state index is 10.5. The molecule has 72 valence electrons. The van der Waals surface area contributed by atoms with Gasteiger partial charge in [-0.15, -0.1) is 0 Å². The van der Waals surface area contributed by atoms with Crippen LogP contribution in [-0.4, -0.2) is 20.9 Å². The van der Waals surface area contributed by atoms with E-state index >= 15 is 0 Å². The molecule has 0 radical (unpaired) electrons. The molecule has 13 heavy (non-hydrogen) atoms. The van der Waals surface area contributed by atoms with Gasteiger partial charge >= 0.3 is 5.97 Å². The van der Waals surface area contributed by atoms with Crippen LogP contribution in [-0.2, 0) is 17.8 Å². The molecule has 0 saturated carbocycles. The molecule has 0 aliphatic rings. The Balaban J connectivity index is 3.08. The Morgan fingerprint density at radius 2 is 2.31 bits per heavy atom. The highest BCUT2D eigenvalue weighted by molar-refractivity contribution is 9.10. The van der Waals surface area contributed by atoms with E-state index in [0.29, 0.717) is 6.54 Å². The number of carboxylic acids is 1. The van der Waals surface area contributed by atoms with E-state index in [1.807, 2.05) is 13.8 Å². The molecular weight excluding hydrogens is 236 g/mol. The maximum Gasteiger partial charge on any atom is 0.309 e. The third-order valence-corrected chi connectivity index (χ3v) is 2.80. The second-order valence-corrected chi connectivity index (χ2v) is 3.53. The molecule has 1 N–H and O–H groups in total. The van der Waals surface area contributed by atoms with Gasteiger partial charge in [0.25, 0.3) is 0 Å². The van der Waals surface area contributed by atoms with Gasteiger partial charge in [0, 0.05) is 6.54 Å². The van der Waals surface area contributed by atoms with Crippen LogP contribution < -0.4 is 0 Å². The van der Waals surface area contributed by atoms with Crippen LogP contribution in [0.4, 0.5) is 0 Å². The van der Waals surface area contributed by atoms with E-state index in [9.17, 15) is 4.79 Å². The average molecular weight is 247 g/mol. The number of aromatic nitrogens is 2. The predicted molar refractivity (Wildman–Crippen MR) is 51.7 cm³/mol. The van der Waals surface area contributed by atoms with Crippen LogP contribution in [0.5, 0.6) is 0 Å². The molecule has 1 aromatic heterocycles. The van der Waals surface area contributed by atoms with Gasteiger partial charge in [-0.2, -0.15) is 5.10 Å². The number of carbonyl (C=O) groups is 1. The molecule has 1 rings (SSSR count). The minimum absolute atomic E-state index is 0.00919. The fourth-order valence-corrected chi connectivity index (χ4v) is 1.61. The second-order valence-electron chi connectivity index (χ2n) is 2.73. The lowest BCUT2D eigenvalue weighted by atomic mass is 10.3. The standard InChI is InChI=1S/C8H11BrN2O2/c1-3-11-6(4-7(12)13)8(9)5(2)10-11/h3-4H2,1-2H3,(H,12,13). The summed E-state index contributed by atoms with van der Waals surface area (Å²) in [6.07, 6.45) is 0.00919. The fraction of sp³-hybridized carbons (Fsp3) is 0.500. The summed E-state index contributed by atoms with van der Waals surface area (Å²) < 4.78 is 2.50. The highest BCUT2D eigenvalue weighted by Gasteiger charge is 2.14. The number of hydrogen-bond donors (Lipinski definition) is 1. The molecule has 4 nitrogen and oxygen atoms in total. The molecule has 0 fully saturated rings. The van der Waals surface area contributed by atoms with Crippen molar-refractivity contribution in [2.75, 3.05) is 0 Å². The van der Waals surface area contributed by atoms with E-state index < -0.39 is 5.97 Å². The van der Waals surface area contributed by atoms with E-state index in [4.69, 9.17) is 5.11 Å². The van der Waals surface area contributed by atoms with Gasteiger partial charge < -0.3 is 5.11 Å². The van der Waals surface area contributed by atoms with Crippen LogP contribution in [0.1, 0.15) is 18.3 Å². The second kappa shape index (κ2) is 3.91. The molecule has 1 heterocycles. The van der Waals surface area contributed by atoms with Crippen LogP contribution >= 0.6 is 15.9 Å². The number of halogens is 1. The Morgan fingerprint density at radius 1 is 1.69 bits per heavy atom. The van der Waals surface area contributed by atoms with Crippen LogP contribution in [0.15, 0.2) is 4.47 Å². The van der Waals surface area contributed by atoms with Gasteiger partial charge in [0.05, 0.1) is 22.3 Å². The minimum Gasteiger partial charge on any atom is -0.481 e. The lowest BCUT2D eigenvalue weighted by molar-refractivity contribution is -0.136. The van der Waals surface area contributed by atoms with Crippen molar-refractivity contribution in [3.8, 4) is 0 Å². The van der Waals surface area contributed by atoms with Crippen molar-refractivity contribution in [1.29, 1.82) is 0 Å². The van der Waals surface area contributed by atoms with E-state index in [0.717, 1.165) is 15.9 Å². The molecule has 0 aliphatic carbocycles. The molecule has 1 aromatic rings. The zero-order valence-corrected chi connectivity index (χ0v) is 9.13. The highest BCUT2D eigenvalue weighted by Crippen LogP contribution is 2.21. The Morgan fingerprint density at radius 3 is 2.77 bits per heavy atom. The molecule has 0 amide bonds. The minimum atomic E-state index is -0.838. The summed E-state index contributed by atoms with van der Waals surface area (Å²) in [6, 6.07) is 0. The molecular formula is C8H11BrN2O2. The number of rotatable bonds is 3. The fourth-order valence-electron chi connectivity index (χ4n) is 1.18. The van der Waals surface area contributed by atoms with E-state index in [1.165, 1.54) is 0 Å². The van der Waals surface area contributed by atoms with Gasteiger partial charge in [0.2, 0.25) is 0 Å². The summed E-state index contributed by atoms with van der Waals surface area (Å²) in [6.45, 7) is 4.47. The molecule has 0 aliphatic heterocycles. The molecule has 0 unspecified atom stereocenters. The summed E-state index contributed by atoms with van der Waals surface area (Å²) in [7, 11) is 0. The highest BCUT2D eigenvalue weighted by atomic mass is 79.9.